The van der Waals surface area contributed by atoms with E-state index in [0.29, 0.717) is 10.2 Å². The monoisotopic (exact) mass is 295 g/mol. The van der Waals surface area contributed by atoms with Crippen LogP contribution in [0.2, 0.25) is 0 Å². The van der Waals surface area contributed by atoms with Crippen LogP contribution in [0.15, 0.2) is 12.3 Å². The molecule has 1 aromatic rings. The van der Waals surface area contributed by atoms with Crippen molar-refractivity contribution in [1.29, 1.82) is 0 Å². The van der Waals surface area contributed by atoms with Gasteiger partial charge in [-0.2, -0.15) is 4.39 Å². The molecule has 1 rings (SSSR count). The second kappa shape index (κ2) is 4.50. The summed E-state index contributed by atoms with van der Waals surface area (Å²) in [5.74, 6) is -1.05. The fourth-order valence-electron chi connectivity index (χ4n) is 0.747. The molecule has 0 fully saturated rings. The first-order chi connectivity index (χ1) is 6.15. The molecule has 0 radical (unpaired) electrons. The van der Waals surface area contributed by atoms with Gasteiger partial charge in [-0.3, -0.25) is 0 Å². The van der Waals surface area contributed by atoms with Gasteiger partial charge in [0.15, 0.2) is 0 Å². The number of esters is 1. The summed E-state index contributed by atoms with van der Waals surface area (Å²) in [5.41, 5.74) is 0.271. The molecule has 0 spiro atoms. The lowest BCUT2D eigenvalue weighted by molar-refractivity contribution is 0.0525. The van der Waals surface area contributed by atoms with E-state index in [1.54, 1.807) is 29.5 Å². The number of nitrogens with zero attached hydrogens (tertiary/aromatic N) is 1. The van der Waals surface area contributed by atoms with Crippen LogP contribution in [0.25, 0.3) is 0 Å². The van der Waals surface area contributed by atoms with Crippen LogP contribution in [-0.2, 0) is 4.74 Å². The number of hydrogen-bond donors (Lipinski definition) is 0. The van der Waals surface area contributed by atoms with Gasteiger partial charge >= 0.3 is 5.97 Å². The van der Waals surface area contributed by atoms with Crippen LogP contribution in [0.5, 0.6) is 0 Å². The smallest absolute Gasteiger partial charge is 0.339 e. The molecule has 0 bridgehead atoms. The minimum Gasteiger partial charge on any atom is -0.462 e. The predicted octanol–water partition coefficient (Wildman–Crippen LogP) is 2.00. The molecule has 0 atom stereocenters. The number of pyridine rings is 1. The van der Waals surface area contributed by atoms with E-state index in [0.717, 1.165) is 6.20 Å². The largest absolute Gasteiger partial charge is 0.462 e. The van der Waals surface area contributed by atoms with E-state index in [-0.39, 0.29) is 5.56 Å². The first-order valence-electron chi connectivity index (χ1n) is 3.63. The van der Waals surface area contributed by atoms with E-state index < -0.39 is 11.9 Å². The number of hydrogen-bond acceptors (Lipinski definition) is 3. The molecular weight excluding hydrogens is 288 g/mol. The van der Waals surface area contributed by atoms with Gasteiger partial charge < -0.3 is 4.74 Å². The summed E-state index contributed by atoms with van der Waals surface area (Å²) in [6.45, 7) is 2.01. The normalized spacial score (nSPS) is 9.77. The van der Waals surface area contributed by atoms with Crippen LogP contribution in [0.4, 0.5) is 4.39 Å². The third kappa shape index (κ3) is 2.61. The summed E-state index contributed by atoms with van der Waals surface area (Å²) in [4.78, 5) is 14.5. The highest BCUT2D eigenvalue weighted by Gasteiger charge is 2.09. The lowest BCUT2D eigenvalue weighted by Crippen LogP contribution is -2.06. The lowest BCUT2D eigenvalue weighted by atomic mass is 10.3. The summed E-state index contributed by atoms with van der Waals surface area (Å²) < 4.78 is 17.7. The van der Waals surface area contributed by atoms with Gasteiger partial charge in [-0.1, -0.05) is 0 Å². The Bertz CT molecular complexity index is 330. The van der Waals surface area contributed by atoms with Crippen molar-refractivity contribution in [2.45, 2.75) is 6.92 Å². The summed E-state index contributed by atoms with van der Waals surface area (Å²) in [5, 5.41) is 0. The molecule has 0 aliphatic heterocycles. The van der Waals surface area contributed by atoms with Gasteiger partial charge in [-0.05, 0) is 35.6 Å². The summed E-state index contributed by atoms with van der Waals surface area (Å²) in [6.07, 6.45) is 1.16. The van der Waals surface area contributed by atoms with Crippen molar-refractivity contribution in [1.82, 2.24) is 4.98 Å². The van der Waals surface area contributed by atoms with Crippen LogP contribution in [-0.4, -0.2) is 17.6 Å². The molecule has 5 heteroatoms. The zero-order valence-corrected chi connectivity index (χ0v) is 9.04. The average molecular weight is 295 g/mol. The molecule has 0 N–H and O–H groups in total. The second-order valence-electron chi connectivity index (χ2n) is 2.22. The van der Waals surface area contributed by atoms with Crippen molar-refractivity contribution < 1.29 is 13.9 Å². The minimum atomic E-state index is -0.575. The maximum Gasteiger partial charge on any atom is 0.339 e. The highest BCUT2D eigenvalue weighted by atomic mass is 127. The second-order valence-corrected chi connectivity index (χ2v) is 3.38. The van der Waals surface area contributed by atoms with Gasteiger partial charge in [0.1, 0.15) is 0 Å². The van der Waals surface area contributed by atoms with E-state index >= 15 is 0 Å². The Labute approximate surface area is 88.4 Å². The van der Waals surface area contributed by atoms with E-state index in [1.165, 1.54) is 6.07 Å². The van der Waals surface area contributed by atoms with Crippen molar-refractivity contribution in [3.63, 3.8) is 0 Å². The zero-order valence-electron chi connectivity index (χ0n) is 6.88. The number of ether oxygens (including phenoxy) is 1. The molecule has 0 aliphatic rings. The van der Waals surface area contributed by atoms with Crippen LogP contribution < -0.4 is 0 Å². The first kappa shape index (κ1) is 10.4. The molecule has 0 saturated heterocycles. The molecule has 70 valence electrons. The number of rotatable bonds is 2. The summed E-state index contributed by atoms with van der Waals surface area (Å²) >= 11 is 1.77. The molecule has 13 heavy (non-hydrogen) atoms. The Morgan fingerprint density at radius 3 is 3.00 bits per heavy atom. The van der Waals surface area contributed by atoms with Gasteiger partial charge in [-0.25, -0.2) is 9.78 Å². The Balaban J connectivity index is 2.90. The van der Waals surface area contributed by atoms with Gasteiger partial charge in [-0.15, -0.1) is 0 Å². The minimum absolute atomic E-state index is 0.271. The Morgan fingerprint density at radius 1 is 1.77 bits per heavy atom. The van der Waals surface area contributed by atoms with Gasteiger partial charge in [0, 0.05) is 6.20 Å². The number of carbonyl (C=O) groups excluding carboxylic acids is 1. The van der Waals surface area contributed by atoms with Gasteiger partial charge in [0.2, 0.25) is 5.95 Å². The Hall–Kier alpha value is -0.720. The topological polar surface area (TPSA) is 39.2 Å². The van der Waals surface area contributed by atoms with Crippen molar-refractivity contribution in [2.24, 2.45) is 0 Å². The van der Waals surface area contributed by atoms with Crippen molar-refractivity contribution in [3.8, 4) is 0 Å². The highest BCUT2D eigenvalue weighted by Crippen LogP contribution is 2.10. The van der Waals surface area contributed by atoms with Gasteiger partial charge in [0.25, 0.3) is 0 Å². The fourth-order valence-corrected chi connectivity index (χ4v) is 1.22. The molecule has 1 heterocycles. The van der Waals surface area contributed by atoms with Crippen LogP contribution in [0.3, 0.4) is 0 Å². The number of aromatic nitrogens is 1. The zero-order chi connectivity index (χ0) is 9.84. The molecule has 0 saturated carbocycles. The van der Waals surface area contributed by atoms with Crippen LogP contribution >= 0.6 is 22.6 Å². The molecule has 0 amide bonds. The van der Waals surface area contributed by atoms with E-state index in [1.807, 2.05) is 0 Å². The lowest BCUT2D eigenvalue weighted by Gasteiger charge is -2.01. The molecular formula is C8H7FINO2. The van der Waals surface area contributed by atoms with Gasteiger partial charge in [0.05, 0.1) is 15.7 Å². The fraction of sp³-hybridized carbons (Fsp3) is 0.250. The van der Waals surface area contributed by atoms with E-state index in [2.05, 4.69) is 4.98 Å². The molecule has 1 aromatic heterocycles. The summed E-state index contributed by atoms with van der Waals surface area (Å²) in [6, 6.07) is 1.40. The average Bonchev–Trinajstić information content (AvgIpc) is 2.10. The number of carbonyl (C=O) groups is 1. The molecule has 0 aliphatic carbocycles. The van der Waals surface area contributed by atoms with E-state index in [9.17, 15) is 9.18 Å². The molecule has 0 unspecified atom stereocenters. The maximum absolute atomic E-state index is 12.7. The standard InChI is InChI=1S/C8H7FINO2/c1-2-13-8(12)5-3-6(10)7(9)11-4-5/h3-4H,2H2,1H3. The Kier molecular flexibility index (Phi) is 3.58. The van der Waals surface area contributed by atoms with Crippen molar-refractivity contribution in [2.75, 3.05) is 6.61 Å². The van der Waals surface area contributed by atoms with Crippen molar-refractivity contribution >= 4 is 28.6 Å². The summed E-state index contributed by atoms with van der Waals surface area (Å²) in [7, 11) is 0. The van der Waals surface area contributed by atoms with Crippen molar-refractivity contribution in [3.05, 3.63) is 27.3 Å². The Morgan fingerprint density at radius 2 is 2.46 bits per heavy atom. The highest BCUT2D eigenvalue weighted by molar-refractivity contribution is 14.1. The molecule has 0 aromatic carbocycles. The number of halogens is 2. The van der Waals surface area contributed by atoms with Crippen LogP contribution in [0, 0.1) is 9.52 Å². The predicted molar refractivity (Wildman–Crippen MR) is 52.9 cm³/mol. The third-order valence-electron chi connectivity index (χ3n) is 1.31. The SMILES string of the molecule is CCOC(=O)c1cnc(F)c(I)c1. The first-order valence-corrected chi connectivity index (χ1v) is 4.71. The maximum atomic E-state index is 12.7. The third-order valence-corrected chi connectivity index (χ3v) is 2.06. The van der Waals surface area contributed by atoms with Crippen LogP contribution in [0.1, 0.15) is 17.3 Å². The van der Waals surface area contributed by atoms with E-state index in [4.69, 9.17) is 4.74 Å². The quantitative estimate of drug-likeness (QED) is 0.476. The molecule has 3 nitrogen and oxygen atoms in total.